The predicted octanol–water partition coefficient (Wildman–Crippen LogP) is 2.16. The van der Waals surface area contributed by atoms with E-state index >= 15 is 0 Å². The van der Waals surface area contributed by atoms with Gasteiger partial charge in [-0.15, -0.1) is 0 Å². The molecule has 0 saturated heterocycles. The van der Waals surface area contributed by atoms with E-state index in [1.54, 1.807) is 6.33 Å². The van der Waals surface area contributed by atoms with E-state index in [0.29, 0.717) is 0 Å². The summed E-state index contributed by atoms with van der Waals surface area (Å²) in [5.41, 5.74) is 0. The van der Waals surface area contributed by atoms with Gasteiger partial charge in [0.2, 0.25) is 0 Å². The fourth-order valence-corrected chi connectivity index (χ4v) is 3.03. The standard InChI is InChI=1S/C14H26N4/c1-3-8-15-10-13-7-5-4-6-12(13)9-14-16-11-17-18(14)2/h11-13,15H,3-10H2,1-2H3. The first-order valence-corrected chi connectivity index (χ1v) is 7.34. The molecule has 0 spiro atoms. The third kappa shape index (κ3) is 3.55. The summed E-state index contributed by atoms with van der Waals surface area (Å²) in [7, 11) is 2.00. The molecule has 2 atom stereocenters. The summed E-state index contributed by atoms with van der Waals surface area (Å²) >= 11 is 0. The smallest absolute Gasteiger partial charge is 0.138 e. The highest BCUT2D eigenvalue weighted by atomic mass is 15.3. The lowest BCUT2D eigenvalue weighted by molar-refractivity contribution is 0.224. The molecule has 1 aromatic rings. The van der Waals surface area contributed by atoms with Crippen LogP contribution < -0.4 is 5.32 Å². The van der Waals surface area contributed by atoms with Gasteiger partial charge in [-0.3, -0.25) is 4.68 Å². The maximum atomic E-state index is 4.37. The van der Waals surface area contributed by atoms with Crippen molar-refractivity contribution in [3.63, 3.8) is 0 Å². The molecule has 4 nitrogen and oxygen atoms in total. The molecule has 0 aliphatic heterocycles. The van der Waals surface area contributed by atoms with Crippen LogP contribution in [0.2, 0.25) is 0 Å². The Morgan fingerprint density at radius 3 is 2.78 bits per heavy atom. The van der Waals surface area contributed by atoms with Crippen molar-refractivity contribution >= 4 is 0 Å². The van der Waals surface area contributed by atoms with Crippen molar-refractivity contribution < 1.29 is 0 Å². The molecular formula is C14H26N4. The second-order valence-electron chi connectivity index (χ2n) is 5.51. The number of aryl methyl sites for hydroxylation is 1. The molecule has 1 heterocycles. The summed E-state index contributed by atoms with van der Waals surface area (Å²) in [5.74, 6) is 2.75. The Hall–Kier alpha value is -0.900. The maximum Gasteiger partial charge on any atom is 0.138 e. The average molecular weight is 250 g/mol. The number of aromatic nitrogens is 3. The van der Waals surface area contributed by atoms with Crippen LogP contribution in [0, 0.1) is 11.8 Å². The summed E-state index contributed by atoms with van der Waals surface area (Å²) in [6.07, 6.45) is 9.49. The molecule has 0 radical (unpaired) electrons. The van der Waals surface area contributed by atoms with Crippen LogP contribution in [0.4, 0.5) is 0 Å². The topological polar surface area (TPSA) is 42.7 Å². The number of hydrogen-bond donors (Lipinski definition) is 1. The van der Waals surface area contributed by atoms with E-state index in [1.165, 1.54) is 38.6 Å². The van der Waals surface area contributed by atoms with E-state index in [0.717, 1.165) is 30.6 Å². The Morgan fingerprint density at radius 1 is 1.33 bits per heavy atom. The summed E-state index contributed by atoms with van der Waals surface area (Å²) in [6, 6.07) is 0. The van der Waals surface area contributed by atoms with Crippen LogP contribution in [-0.4, -0.2) is 27.9 Å². The van der Waals surface area contributed by atoms with Crippen LogP contribution >= 0.6 is 0 Å². The summed E-state index contributed by atoms with van der Waals surface area (Å²) in [4.78, 5) is 4.37. The van der Waals surface area contributed by atoms with E-state index in [9.17, 15) is 0 Å². The van der Waals surface area contributed by atoms with Crippen LogP contribution in [-0.2, 0) is 13.5 Å². The van der Waals surface area contributed by atoms with Crippen LogP contribution in [0.25, 0.3) is 0 Å². The quantitative estimate of drug-likeness (QED) is 0.787. The minimum Gasteiger partial charge on any atom is -0.316 e. The van der Waals surface area contributed by atoms with Gasteiger partial charge >= 0.3 is 0 Å². The lowest BCUT2D eigenvalue weighted by atomic mass is 9.77. The highest BCUT2D eigenvalue weighted by molar-refractivity contribution is 4.90. The zero-order valence-electron chi connectivity index (χ0n) is 11.7. The van der Waals surface area contributed by atoms with Gasteiger partial charge in [0.25, 0.3) is 0 Å². The molecular weight excluding hydrogens is 224 g/mol. The number of nitrogens with one attached hydrogen (secondary N) is 1. The van der Waals surface area contributed by atoms with Crippen molar-refractivity contribution in [2.45, 2.75) is 45.4 Å². The Labute approximate surface area is 110 Å². The van der Waals surface area contributed by atoms with Crippen molar-refractivity contribution in [2.75, 3.05) is 13.1 Å². The molecule has 2 unspecified atom stereocenters. The largest absolute Gasteiger partial charge is 0.316 e. The summed E-state index contributed by atoms with van der Waals surface area (Å²) < 4.78 is 1.92. The SMILES string of the molecule is CCCNCC1CCCCC1Cc1ncnn1C. The van der Waals surface area contributed by atoms with Gasteiger partial charge in [-0.2, -0.15) is 5.10 Å². The second kappa shape index (κ2) is 6.88. The van der Waals surface area contributed by atoms with Crippen LogP contribution in [0.3, 0.4) is 0 Å². The van der Waals surface area contributed by atoms with Crippen molar-refractivity contribution in [3.8, 4) is 0 Å². The molecule has 1 N–H and O–H groups in total. The van der Waals surface area contributed by atoms with Gasteiger partial charge in [0.15, 0.2) is 0 Å². The Kier molecular flexibility index (Phi) is 5.17. The number of hydrogen-bond acceptors (Lipinski definition) is 3. The molecule has 1 aliphatic rings. The van der Waals surface area contributed by atoms with E-state index in [1.807, 2.05) is 11.7 Å². The molecule has 1 aromatic heterocycles. The lowest BCUT2D eigenvalue weighted by Crippen LogP contribution is -2.32. The Morgan fingerprint density at radius 2 is 2.11 bits per heavy atom. The molecule has 0 aromatic carbocycles. The van der Waals surface area contributed by atoms with E-state index in [2.05, 4.69) is 22.3 Å². The minimum atomic E-state index is 0.783. The van der Waals surface area contributed by atoms with E-state index in [4.69, 9.17) is 0 Å². The highest BCUT2D eigenvalue weighted by Crippen LogP contribution is 2.31. The van der Waals surface area contributed by atoms with Gasteiger partial charge in [-0.25, -0.2) is 4.98 Å². The average Bonchev–Trinajstić information content (AvgIpc) is 2.78. The van der Waals surface area contributed by atoms with Crippen molar-refractivity contribution in [1.82, 2.24) is 20.1 Å². The number of nitrogens with zero attached hydrogens (tertiary/aromatic N) is 3. The molecule has 1 fully saturated rings. The normalized spacial score (nSPS) is 24.3. The first-order chi connectivity index (χ1) is 8.81. The van der Waals surface area contributed by atoms with Crippen LogP contribution in [0.1, 0.15) is 44.9 Å². The van der Waals surface area contributed by atoms with Gasteiger partial charge < -0.3 is 5.32 Å². The summed E-state index contributed by atoms with van der Waals surface area (Å²) in [6.45, 7) is 4.55. The third-order valence-electron chi connectivity index (χ3n) is 4.15. The molecule has 2 rings (SSSR count). The zero-order valence-corrected chi connectivity index (χ0v) is 11.7. The fraction of sp³-hybridized carbons (Fsp3) is 0.857. The fourth-order valence-electron chi connectivity index (χ4n) is 3.03. The van der Waals surface area contributed by atoms with Gasteiger partial charge in [0.1, 0.15) is 12.2 Å². The first-order valence-electron chi connectivity index (χ1n) is 7.34. The van der Waals surface area contributed by atoms with Gasteiger partial charge in [0.05, 0.1) is 0 Å². The molecule has 18 heavy (non-hydrogen) atoms. The molecule has 102 valence electrons. The van der Waals surface area contributed by atoms with Gasteiger partial charge in [-0.1, -0.05) is 19.8 Å². The summed E-state index contributed by atoms with van der Waals surface area (Å²) in [5, 5.41) is 7.76. The van der Waals surface area contributed by atoms with Crippen molar-refractivity contribution in [1.29, 1.82) is 0 Å². The van der Waals surface area contributed by atoms with Gasteiger partial charge in [-0.05, 0) is 44.2 Å². The lowest BCUT2D eigenvalue weighted by Gasteiger charge is -2.31. The second-order valence-corrected chi connectivity index (χ2v) is 5.51. The minimum absolute atomic E-state index is 0.783. The molecule has 1 saturated carbocycles. The Balaban J connectivity index is 1.89. The Bertz CT molecular complexity index is 347. The molecule has 0 amide bonds. The molecule has 1 aliphatic carbocycles. The number of rotatable bonds is 6. The maximum absolute atomic E-state index is 4.37. The molecule has 4 heteroatoms. The monoisotopic (exact) mass is 250 g/mol. The van der Waals surface area contributed by atoms with Crippen molar-refractivity contribution in [2.24, 2.45) is 18.9 Å². The molecule has 0 bridgehead atoms. The first kappa shape index (κ1) is 13.5. The third-order valence-corrected chi connectivity index (χ3v) is 4.15. The zero-order chi connectivity index (χ0) is 12.8. The van der Waals surface area contributed by atoms with Gasteiger partial charge in [0, 0.05) is 13.5 Å². The predicted molar refractivity (Wildman–Crippen MR) is 73.3 cm³/mol. The van der Waals surface area contributed by atoms with E-state index in [-0.39, 0.29) is 0 Å². The van der Waals surface area contributed by atoms with Crippen LogP contribution in [0.5, 0.6) is 0 Å². The highest BCUT2D eigenvalue weighted by Gasteiger charge is 2.26. The van der Waals surface area contributed by atoms with E-state index < -0.39 is 0 Å². The van der Waals surface area contributed by atoms with Crippen molar-refractivity contribution in [3.05, 3.63) is 12.2 Å². The van der Waals surface area contributed by atoms with Crippen LogP contribution in [0.15, 0.2) is 6.33 Å².